The molecule has 0 aromatic heterocycles. The Labute approximate surface area is 142 Å². The molecule has 1 aliphatic heterocycles. The fourth-order valence-corrected chi connectivity index (χ4v) is 4.26. The number of aromatic hydroxyl groups is 1. The summed E-state index contributed by atoms with van der Waals surface area (Å²) in [5.74, 6) is -0.213. The van der Waals surface area contributed by atoms with E-state index >= 15 is 0 Å². The Morgan fingerprint density at radius 1 is 1.40 bits per heavy atom. The molecule has 1 saturated heterocycles. The van der Waals surface area contributed by atoms with E-state index in [0.29, 0.717) is 14.0 Å². The normalized spacial score (nSPS) is 17.6. The Morgan fingerprint density at radius 2 is 2.05 bits per heavy atom. The van der Waals surface area contributed by atoms with E-state index in [9.17, 15) is 14.7 Å². The number of phenols is 1. The SMILES string of the molecule is CC(C)N1C(=O)S/C(=C\c2cc(Br)cc(I)c2O)C1=O. The maximum Gasteiger partial charge on any atom is 0.293 e. The van der Waals surface area contributed by atoms with Crippen molar-refractivity contribution in [3.8, 4) is 5.75 Å². The molecule has 1 aromatic carbocycles. The highest BCUT2D eigenvalue weighted by atomic mass is 127. The van der Waals surface area contributed by atoms with Crippen LogP contribution in [0.5, 0.6) is 5.75 Å². The molecule has 0 atom stereocenters. The summed E-state index contributed by atoms with van der Waals surface area (Å²) in [7, 11) is 0. The van der Waals surface area contributed by atoms with Crippen molar-refractivity contribution in [2.24, 2.45) is 0 Å². The highest BCUT2D eigenvalue weighted by Gasteiger charge is 2.36. The number of imide groups is 1. The fraction of sp³-hybridized carbons (Fsp3) is 0.231. The molecule has 0 bridgehead atoms. The van der Waals surface area contributed by atoms with Crippen molar-refractivity contribution in [3.05, 3.63) is 30.6 Å². The van der Waals surface area contributed by atoms with E-state index in [4.69, 9.17) is 0 Å². The summed E-state index contributed by atoms with van der Waals surface area (Å²) in [6, 6.07) is 3.30. The van der Waals surface area contributed by atoms with E-state index in [1.54, 1.807) is 32.1 Å². The molecule has 0 unspecified atom stereocenters. The second kappa shape index (κ2) is 6.07. The largest absolute Gasteiger partial charge is 0.506 e. The number of carbonyl (C=O) groups excluding carboxylic acids is 2. The molecular weight excluding hydrogens is 457 g/mol. The molecule has 106 valence electrons. The first kappa shape index (κ1) is 15.8. The third kappa shape index (κ3) is 3.04. The third-order valence-electron chi connectivity index (χ3n) is 2.68. The summed E-state index contributed by atoms with van der Waals surface area (Å²) in [6.45, 7) is 3.58. The highest BCUT2D eigenvalue weighted by Crippen LogP contribution is 2.36. The maximum atomic E-state index is 12.2. The number of benzene rings is 1. The minimum atomic E-state index is -0.315. The Morgan fingerprint density at radius 3 is 2.60 bits per heavy atom. The number of carbonyl (C=O) groups is 2. The second-order valence-electron chi connectivity index (χ2n) is 4.47. The van der Waals surface area contributed by atoms with Crippen LogP contribution >= 0.6 is 50.3 Å². The van der Waals surface area contributed by atoms with Crippen LogP contribution in [0.15, 0.2) is 21.5 Å². The summed E-state index contributed by atoms with van der Waals surface area (Å²) >= 11 is 6.25. The number of phenolic OH excluding ortho intramolecular Hbond substituents is 1. The van der Waals surface area contributed by atoms with Crippen LogP contribution < -0.4 is 0 Å². The number of halogens is 2. The standard InChI is InChI=1S/C13H11BrINO3S/c1-6(2)16-12(18)10(20-13(16)19)4-7-3-8(14)5-9(15)11(7)17/h3-6,17H,1-2H3/b10-4-. The van der Waals surface area contributed by atoms with Crippen molar-refractivity contribution < 1.29 is 14.7 Å². The summed E-state index contributed by atoms with van der Waals surface area (Å²) in [5, 5.41) is 9.74. The van der Waals surface area contributed by atoms with Gasteiger partial charge in [0.2, 0.25) is 0 Å². The van der Waals surface area contributed by atoms with Gasteiger partial charge in [-0.05, 0) is 66.4 Å². The molecule has 2 amide bonds. The smallest absolute Gasteiger partial charge is 0.293 e. The predicted octanol–water partition coefficient (Wildman–Crippen LogP) is 4.20. The van der Waals surface area contributed by atoms with Gasteiger partial charge >= 0.3 is 0 Å². The van der Waals surface area contributed by atoms with Crippen molar-refractivity contribution in [2.75, 3.05) is 0 Å². The Balaban J connectivity index is 2.43. The maximum absolute atomic E-state index is 12.2. The van der Waals surface area contributed by atoms with Crippen LogP contribution in [0.1, 0.15) is 19.4 Å². The van der Waals surface area contributed by atoms with Gasteiger partial charge in [-0.25, -0.2) is 0 Å². The minimum absolute atomic E-state index is 0.102. The first-order chi connectivity index (χ1) is 9.31. The van der Waals surface area contributed by atoms with Gasteiger partial charge in [-0.3, -0.25) is 14.5 Å². The van der Waals surface area contributed by atoms with Crippen LogP contribution in [-0.2, 0) is 4.79 Å². The van der Waals surface area contributed by atoms with Crippen LogP contribution in [0.4, 0.5) is 4.79 Å². The van der Waals surface area contributed by atoms with Crippen molar-refractivity contribution in [1.82, 2.24) is 4.90 Å². The summed E-state index contributed by atoms with van der Waals surface area (Å²) in [5.41, 5.74) is 0.512. The van der Waals surface area contributed by atoms with E-state index in [-0.39, 0.29) is 22.9 Å². The van der Waals surface area contributed by atoms with Gasteiger partial charge in [0.15, 0.2) is 0 Å². The Kier molecular flexibility index (Phi) is 4.80. The van der Waals surface area contributed by atoms with Gasteiger partial charge in [-0.2, -0.15) is 0 Å². The van der Waals surface area contributed by atoms with E-state index in [1.807, 2.05) is 22.6 Å². The van der Waals surface area contributed by atoms with Crippen LogP contribution in [0.2, 0.25) is 0 Å². The lowest BCUT2D eigenvalue weighted by Crippen LogP contribution is -2.34. The van der Waals surface area contributed by atoms with Crippen LogP contribution in [-0.4, -0.2) is 27.2 Å². The monoisotopic (exact) mass is 467 g/mol. The topological polar surface area (TPSA) is 57.6 Å². The van der Waals surface area contributed by atoms with Crippen LogP contribution in [0.25, 0.3) is 6.08 Å². The molecule has 20 heavy (non-hydrogen) atoms. The molecule has 0 radical (unpaired) electrons. The van der Waals surface area contributed by atoms with Gasteiger partial charge < -0.3 is 5.11 Å². The molecule has 1 heterocycles. The van der Waals surface area contributed by atoms with Gasteiger partial charge in [0.05, 0.1) is 8.48 Å². The minimum Gasteiger partial charge on any atom is -0.506 e. The van der Waals surface area contributed by atoms with Crippen molar-refractivity contribution in [1.29, 1.82) is 0 Å². The molecule has 1 aromatic rings. The molecule has 2 rings (SSSR count). The third-order valence-corrected chi connectivity index (χ3v) is 4.85. The highest BCUT2D eigenvalue weighted by molar-refractivity contribution is 14.1. The summed E-state index contributed by atoms with van der Waals surface area (Å²) < 4.78 is 1.47. The fourth-order valence-electron chi connectivity index (χ4n) is 1.76. The number of hydrogen-bond donors (Lipinski definition) is 1. The van der Waals surface area contributed by atoms with Gasteiger partial charge in [0.1, 0.15) is 5.75 Å². The quantitative estimate of drug-likeness (QED) is 0.523. The molecule has 4 nitrogen and oxygen atoms in total. The molecular formula is C13H11BrINO3S. The van der Waals surface area contributed by atoms with Crippen molar-refractivity contribution in [3.63, 3.8) is 0 Å². The lowest BCUT2D eigenvalue weighted by molar-refractivity contribution is -0.123. The number of amides is 2. The van der Waals surface area contributed by atoms with E-state index in [1.165, 1.54) is 4.90 Å². The molecule has 0 spiro atoms. The number of thioether (sulfide) groups is 1. The van der Waals surface area contributed by atoms with Gasteiger partial charge in [-0.1, -0.05) is 15.9 Å². The first-order valence-electron chi connectivity index (χ1n) is 5.76. The van der Waals surface area contributed by atoms with Gasteiger partial charge in [0.25, 0.3) is 11.1 Å². The van der Waals surface area contributed by atoms with E-state index in [2.05, 4.69) is 15.9 Å². The Hall–Kier alpha value is -0.540. The zero-order chi connectivity index (χ0) is 15.0. The van der Waals surface area contributed by atoms with Crippen LogP contribution in [0, 0.1) is 3.57 Å². The van der Waals surface area contributed by atoms with E-state index < -0.39 is 0 Å². The van der Waals surface area contributed by atoms with Crippen molar-refractivity contribution in [2.45, 2.75) is 19.9 Å². The number of rotatable bonds is 2. The van der Waals surface area contributed by atoms with Crippen LogP contribution in [0.3, 0.4) is 0 Å². The Bertz CT molecular complexity index is 630. The summed E-state index contributed by atoms with van der Waals surface area (Å²) in [6.07, 6.45) is 1.55. The van der Waals surface area contributed by atoms with E-state index in [0.717, 1.165) is 16.2 Å². The zero-order valence-corrected chi connectivity index (χ0v) is 15.2. The molecule has 0 saturated carbocycles. The molecule has 1 fully saturated rings. The van der Waals surface area contributed by atoms with Gasteiger partial charge in [-0.15, -0.1) is 0 Å². The molecule has 1 N–H and O–H groups in total. The van der Waals surface area contributed by atoms with Crippen molar-refractivity contribution >= 4 is 67.5 Å². The molecule has 0 aliphatic carbocycles. The second-order valence-corrected chi connectivity index (χ2v) is 7.54. The number of hydrogen-bond acceptors (Lipinski definition) is 4. The average Bonchev–Trinajstić information content (AvgIpc) is 2.60. The molecule has 7 heteroatoms. The lowest BCUT2D eigenvalue weighted by atomic mass is 10.2. The predicted molar refractivity (Wildman–Crippen MR) is 91.5 cm³/mol. The average molecular weight is 468 g/mol. The lowest BCUT2D eigenvalue weighted by Gasteiger charge is -2.16. The molecule has 1 aliphatic rings. The zero-order valence-electron chi connectivity index (χ0n) is 10.7. The summed E-state index contributed by atoms with van der Waals surface area (Å²) in [4.78, 5) is 25.5. The van der Waals surface area contributed by atoms with Gasteiger partial charge in [0, 0.05) is 16.1 Å². The first-order valence-corrected chi connectivity index (χ1v) is 8.45. The number of nitrogens with zero attached hydrogens (tertiary/aromatic N) is 1.